The van der Waals surface area contributed by atoms with Gasteiger partial charge < -0.3 is 4.74 Å². The van der Waals surface area contributed by atoms with E-state index < -0.39 is 0 Å². The summed E-state index contributed by atoms with van der Waals surface area (Å²) >= 11 is 7.75. The summed E-state index contributed by atoms with van der Waals surface area (Å²) in [5.41, 5.74) is 5.95. The number of hydrazone groups is 1. The molecule has 25 heavy (non-hydrogen) atoms. The first kappa shape index (κ1) is 17.5. The lowest BCUT2D eigenvalue weighted by Crippen LogP contribution is -1.94. The number of aryl methyl sites for hydroxylation is 1. The number of halogens is 1. The van der Waals surface area contributed by atoms with Crippen LogP contribution in [-0.4, -0.2) is 17.8 Å². The first-order valence-electron chi connectivity index (χ1n) is 7.91. The third-order valence-corrected chi connectivity index (χ3v) is 4.64. The summed E-state index contributed by atoms with van der Waals surface area (Å²) in [6.45, 7) is 4.57. The van der Waals surface area contributed by atoms with Crippen LogP contribution in [-0.2, 0) is 0 Å². The molecule has 1 N–H and O–H groups in total. The van der Waals surface area contributed by atoms with E-state index >= 15 is 0 Å². The largest absolute Gasteiger partial charge is 0.492 e. The number of thiazole rings is 1. The second kappa shape index (κ2) is 8.14. The van der Waals surface area contributed by atoms with Gasteiger partial charge in [0.25, 0.3) is 0 Å². The summed E-state index contributed by atoms with van der Waals surface area (Å²) in [7, 11) is 0. The molecule has 0 bridgehead atoms. The van der Waals surface area contributed by atoms with Gasteiger partial charge in [-0.1, -0.05) is 41.9 Å². The van der Waals surface area contributed by atoms with Crippen LogP contribution in [0.25, 0.3) is 11.3 Å². The Kier molecular flexibility index (Phi) is 5.68. The number of hydrogen-bond acceptors (Lipinski definition) is 5. The number of benzene rings is 2. The lowest BCUT2D eigenvalue weighted by Gasteiger charge is -2.05. The summed E-state index contributed by atoms with van der Waals surface area (Å²) in [4.78, 5) is 5.76. The smallest absolute Gasteiger partial charge is 0.204 e. The normalized spacial score (nSPS) is 11.0. The van der Waals surface area contributed by atoms with Crippen LogP contribution >= 0.6 is 22.9 Å². The molecule has 0 spiro atoms. The molecule has 0 atom stereocenters. The summed E-state index contributed by atoms with van der Waals surface area (Å²) < 4.78 is 5.42. The first-order valence-corrected chi connectivity index (χ1v) is 9.11. The van der Waals surface area contributed by atoms with E-state index in [2.05, 4.69) is 34.6 Å². The molecule has 4 nitrogen and oxygen atoms in total. The van der Waals surface area contributed by atoms with Crippen LogP contribution in [0.2, 0.25) is 5.02 Å². The molecule has 0 saturated heterocycles. The van der Waals surface area contributed by atoms with Crippen molar-refractivity contribution in [2.45, 2.75) is 13.8 Å². The SMILES string of the molecule is CCOc1ccc(/C=N\Nc2nc(-c3ccccc3)c(C)s2)cc1Cl. The number of nitrogens with zero attached hydrogens (tertiary/aromatic N) is 2. The molecule has 0 aliphatic heterocycles. The van der Waals surface area contributed by atoms with Crippen molar-refractivity contribution in [1.29, 1.82) is 0 Å². The predicted molar refractivity (Wildman–Crippen MR) is 106 cm³/mol. The van der Waals surface area contributed by atoms with Crippen LogP contribution in [0.1, 0.15) is 17.4 Å². The Morgan fingerprint density at radius 1 is 1.24 bits per heavy atom. The summed E-state index contributed by atoms with van der Waals surface area (Å²) in [5, 5.41) is 5.58. The van der Waals surface area contributed by atoms with Gasteiger partial charge in [-0.15, -0.1) is 11.3 Å². The second-order valence-corrected chi connectivity index (χ2v) is 6.89. The highest BCUT2D eigenvalue weighted by Gasteiger charge is 2.08. The zero-order valence-corrected chi connectivity index (χ0v) is 15.6. The van der Waals surface area contributed by atoms with Gasteiger partial charge in [-0.2, -0.15) is 5.10 Å². The zero-order valence-electron chi connectivity index (χ0n) is 14.0. The average Bonchev–Trinajstić information content (AvgIpc) is 2.99. The minimum absolute atomic E-state index is 0.572. The van der Waals surface area contributed by atoms with Gasteiger partial charge in [0.1, 0.15) is 5.75 Å². The van der Waals surface area contributed by atoms with Gasteiger partial charge in [-0.3, -0.25) is 5.43 Å². The van der Waals surface area contributed by atoms with Crippen molar-refractivity contribution in [1.82, 2.24) is 4.98 Å². The van der Waals surface area contributed by atoms with E-state index in [0.717, 1.165) is 26.8 Å². The molecular weight excluding hydrogens is 354 g/mol. The monoisotopic (exact) mass is 371 g/mol. The van der Waals surface area contributed by atoms with E-state index in [1.54, 1.807) is 17.6 Å². The van der Waals surface area contributed by atoms with Crippen molar-refractivity contribution in [2.75, 3.05) is 12.0 Å². The Bertz CT molecular complexity index is 878. The Morgan fingerprint density at radius 3 is 2.76 bits per heavy atom. The molecular formula is C19H18ClN3OS. The minimum Gasteiger partial charge on any atom is -0.492 e. The lowest BCUT2D eigenvalue weighted by molar-refractivity contribution is 0.340. The third kappa shape index (κ3) is 4.38. The highest BCUT2D eigenvalue weighted by Crippen LogP contribution is 2.30. The number of ether oxygens (including phenoxy) is 1. The Balaban J connectivity index is 1.70. The Labute approximate surface area is 156 Å². The van der Waals surface area contributed by atoms with E-state index in [1.165, 1.54) is 0 Å². The number of rotatable bonds is 6. The highest BCUT2D eigenvalue weighted by molar-refractivity contribution is 7.15. The highest BCUT2D eigenvalue weighted by atomic mass is 35.5. The van der Waals surface area contributed by atoms with Gasteiger partial charge in [0, 0.05) is 10.4 Å². The molecule has 0 amide bonds. The van der Waals surface area contributed by atoms with Gasteiger partial charge in [-0.25, -0.2) is 4.98 Å². The Hall–Kier alpha value is -2.37. The standard InChI is InChI=1S/C19H18ClN3OS/c1-3-24-17-10-9-14(11-16(17)20)12-21-23-19-22-18(13(2)25-19)15-7-5-4-6-8-15/h4-12H,3H2,1-2H3,(H,22,23)/b21-12-. The molecule has 3 aromatic rings. The molecule has 3 rings (SSSR count). The number of aromatic nitrogens is 1. The molecule has 128 valence electrons. The first-order chi connectivity index (χ1) is 12.2. The Morgan fingerprint density at radius 2 is 2.04 bits per heavy atom. The zero-order chi connectivity index (χ0) is 17.6. The quantitative estimate of drug-likeness (QED) is 0.452. The van der Waals surface area contributed by atoms with Crippen LogP contribution in [0, 0.1) is 6.92 Å². The number of hydrogen-bond donors (Lipinski definition) is 1. The third-order valence-electron chi connectivity index (χ3n) is 3.47. The van der Waals surface area contributed by atoms with Crippen molar-refractivity contribution in [3.05, 3.63) is 64.0 Å². The molecule has 0 aliphatic carbocycles. The maximum Gasteiger partial charge on any atom is 0.204 e. The number of nitrogens with one attached hydrogen (secondary N) is 1. The average molecular weight is 372 g/mol. The van der Waals surface area contributed by atoms with E-state index in [0.29, 0.717) is 17.4 Å². The van der Waals surface area contributed by atoms with E-state index in [4.69, 9.17) is 16.3 Å². The molecule has 6 heteroatoms. The second-order valence-electron chi connectivity index (χ2n) is 5.28. The van der Waals surface area contributed by atoms with Gasteiger partial charge in [0.15, 0.2) is 0 Å². The molecule has 0 aliphatic rings. The molecule has 0 radical (unpaired) electrons. The van der Waals surface area contributed by atoms with Gasteiger partial charge in [0.05, 0.1) is 23.5 Å². The van der Waals surface area contributed by atoms with E-state index in [1.807, 2.05) is 43.3 Å². The molecule has 1 aromatic heterocycles. The molecule has 2 aromatic carbocycles. The topological polar surface area (TPSA) is 46.5 Å². The van der Waals surface area contributed by atoms with E-state index in [-0.39, 0.29) is 0 Å². The van der Waals surface area contributed by atoms with Gasteiger partial charge >= 0.3 is 0 Å². The number of anilines is 1. The minimum atomic E-state index is 0.572. The molecule has 0 saturated carbocycles. The maximum absolute atomic E-state index is 6.18. The van der Waals surface area contributed by atoms with Crippen LogP contribution in [0.5, 0.6) is 5.75 Å². The van der Waals surface area contributed by atoms with Crippen LogP contribution < -0.4 is 10.2 Å². The van der Waals surface area contributed by atoms with Crippen molar-refractivity contribution >= 4 is 34.3 Å². The summed E-state index contributed by atoms with van der Waals surface area (Å²) in [6, 6.07) is 15.7. The lowest BCUT2D eigenvalue weighted by atomic mass is 10.1. The fraction of sp³-hybridized carbons (Fsp3) is 0.158. The fourth-order valence-electron chi connectivity index (χ4n) is 2.34. The van der Waals surface area contributed by atoms with E-state index in [9.17, 15) is 0 Å². The van der Waals surface area contributed by atoms with Crippen molar-refractivity contribution in [3.63, 3.8) is 0 Å². The molecule has 0 unspecified atom stereocenters. The maximum atomic E-state index is 6.18. The van der Waals surface area contributed by atoms with Crippen LogP contribution in [0.15, 0.2) is 53.6 Å². The van der Waals surface area contributed by atoms with Crippen molar-refractivity contribution < 1.29 is 4.74 Å². The van der Waals surface area contributed by atoms with Crippen molar-refractivity contribution in [2.24, 2.45) is 5.10 Å². The van der Waals surface area contributed by atoms with Crippen LogP contribution in [0.3, 0.4) is 0 Å². The van der Waals surface area contributed by atoms with Gasteiger partial charge in [-0.05, 0) is 37.6 Å². The van der Waals surface area contributed by atoms with Crippen LogP contribution in [0.4, 0.5) is 5.13 Å². The van der Waals surface area contributed by atoms with Gasteiger partial charge in [0.2, 0.25) is 5.13 Å². The summed E-state index contributed by atoms with van der Waals surface area (Å²) in [5.74, 6) is 0.678. The molecule has 1 heterocycles. The fourth-order valence-corrected chi connectivity index (χ4v) is 3.37. The predicted octanol–water partition coefficient (Wildman–Crippen LogP) is 5.62. The molecule has 0 fully saturated rings. The summed E-state index contributed by atoms with van der Waals surface area (Å²) in [6.07, 6.45) is 1.71. The van der Waals surface area contributed by atoms with Crippen molar-refractivity contribution in [3.8, 4) is 17.0 Å².